The molecule has 6 nitrogen and oxygen atoms in total. The van der Waals surface area contributed by atoms with Crippen molar-refractivity contribution in [3.8, 4) is 0 Å². The molecule has 2 aromatic rings. The summed E-state index contributed by atoms with van der Waals surface area (Å²) in [6, 6.07) is 3.71. The van der Waals surface area contributed by atoms with Crippen molar-refractivity contribution in [1.82, 2.24) is 19.9 Å². The fraction of sp³-hybridized carbons (Fsp3) is 0.474. The maximum atomic E-state index is 13.1. The lowest BCUT2D eigenvalue weighted by molar-refractivity contribution is 0.0767. The first kappa shape index (κ1) is 16.9. The van der Waals surface area contributed by atoms with E-state index in [1.807, 2.05) is 24.0 Å². The number of aryl methyl sites for hydroxylation is 1. The molecule has 0 aromatic carbocycles. The maximum absolute atomic E-state index is 13.1. The van der Waals surface area contributed by atoms with E-state index in [-0.39, 0.29) is 11.3 Å². The van der Waals surface area contributed by atoms with Crippen LogP contribution in [0.3, 0.4) is 0 Å². The van der Waals surface area contributed by atoms with Crippen LogP contribution in [0.15, 0.2) is 30.7 Å². The van der Waals surface area contributed by atoms with Gasteiger partial charge in [-0.15, -0.1) is 0 Å². The molecular weight excluding hydrogens is 333 g/mol. The van der Waals surface area contributed by atoms with Crippen LogP contribution >= 0.6 is 0 Å². The number of rotatable bonds is 2. The normalized spacial score (nSPS) is 22.8. The van der Waals surface area contributed by atoms with Crippen molar-refractivity contribution < 1.29 is 9.18 Å². The van der Waals surface area contributed by atoms with Gasteiger partial charge in [0, 0.05) is 43.5 Å². The third-order valence-corrected chi connectivity index (χ3v) is 5.43. The van der Waals surface area contributed by atoms with Crippen LogP contribution in [0.25, 0.3) is 0 Å². The second kappa shape index (κ2) is 6.63. The SMILES string of the molecule is Cc1ccc(C(=O)N2CC[C@]3(CCCN(c4ncc(F)cn4)C3)C2)cn1. The molecule has 2 aliphatic rings. The summed E-state index contributed by atoms with van der Waals surface area (Å²) in [4.78, 5) is 29.3. The highest BCUT2D eigenvalue weighted by Gasteiger charge is 2.43. The van der Waals surface area contributed by atoms with Crippen LogP contribution in [-0.2, 0) is 0 Å². The average molecular weight is 355 g/mol. The van der Waals surface area contributed by atoms with Crippen molar-refractivity contribution in [3.05, 3.63) is 47.8 Å². The van der Waals surface area contributed by atoms with Gasteiger partial charge in [-0.3, -0.25) is 9.78 Å². The van der Waals surface area contributed by atoms with E-state index in [1.165, 1.54) is 12.4 Å². The molecule has 1 spiro atoms. The number of carbonyl (C=O) groups excluding carboxylic acids is 1. The maximum Gasteiger partial charge on any atom is 0.255 e. The number of pyridine rings is 1. The van der Waals surface area contributed by atoms with E-state index >= 15 is 0 Å². The van der Waals surface area contributed by atoms with Gasteiger partial charge >= 0.3 is 0 Å². The Balaban J connectivity index is 1.47. The molecule has 4 rings (SSSR count). The predicted molar refractivity (Wildman–Crippen MR) is 95.4 cm³/mol. The van der Waals surface area contributed by atoms with Gasteiger partial charge in [0.1, 0.15) is 0 Å². The number of halogens is 1. The molecule has 4 heterocycles. The van der Waals surface area contributed by atoms with Crippen LogP contribution in [-0.4, -0.2) is 51.9 Å². The van der Waals surface area contributed by atoms with Gasteiger partial charge in [0.05, 0.1) is 18.0 Å². The Morgan fingerprint density at radius 2 is 1.88 bits per heavy atom. The highest BCUT2D eigenvalue weighted by Crippen LogP contribution is 2.40. The number of aromatic nitrogens is 3. The number of hydrogen-bond acceptors (Lipinski definition) is 5. The zero-order chi connectivity index (χ0) is 18.1. The summed E-state index contributed by atoms with van der Waals surface area (Å²) in [6.07, 6.45) is 7.14. The van der Waals surface area contributed by atoms with Gasteiger partial charge in [0.2, 0.25) is 5.95 Å². The Bertz CT molecular complexity index is 795. The van der Waals surface area contributed by atoms with Gasteiger partial charge in [-0.05, 0) is 38.3 Å². The van der Waals surface area contributed by atoms with Crippen LogP contribution in [0.1, 0.15) is 35.3 Å². The first-order valence-corrected chi connectivity index (χ1v) is 8.99. The Kier molecular flexibility index (Phi) is 4.30. The van der Waals surface area contributed by atoms with Gasteiger partial charge in [0.15, 0.2) is 5.82 Å². The van der Waals surface area contributed by atoms with Gasteiger partial charge in [0.25, 0.3) is 5.91 Å². The molecule has 136 valence electrons. The van der Waals surface area contributed by atoms with Gasteiger partial charge in [-0.25, -0.2) is 14.4 Å². The van der Waals surface area contributed by atoms with Crippen molar-refractivity contribution in [2.75, 3.05) is 31.1 Å². The lowest BCUT2D eigenvalue weighted by Gasteiger charge is -2.40. The number of carbonyl (C=O) groups is 1. The zero-order valence-corrected chi connectivity index (χ0v) is 14.9. The molecule has 0 saturated carbocycles. The van der Waals surface area contributed by atoms with E-state index in [9.17, 15) is 9.18 Å². The number of anilines is 1. The predicted octanol–water partition coefficient (Wildman–Crippen LogP) is 2.45. The smallest absolute Gasteiger partial charge is 0.255 e. The summed E-state index contributed by atoms with van der Waals surface area (Å²) in [5.74, 6) is 0.187. The van der Waals surface area contributed by atoms with E-state index in [4.69, 9.17) is 0 Å². The number of amides is 1. The fourth-order valence-electron chi connectivity index (χ4n) is 4.07. The van der Waals surface area contributed by atoms with E-state index in [0.29, 0.717) is 11.5 Å². The molecule has 0 unspecified atom stereocenters. The molecular formula is C19H22FN5O. The molecule has 0 aliphatic carbocycles. The number of piperidine rings is 1. The zero-order valence-electron chi connectivity index (χ0n) is 14.9. The van der Waals surface area contributed by atoms with Gasteiger partial charge in [-0.2, -0.15) is 0 Å². The van der Waals surface area contributed by atoms with Gasteiger partial charge in [-0.1, -0.05) is 0 Å². The molecule has 2 aliphatic heterocycles. The summed E-state index contributed by atoms with van der Waals surface area (Å²) in [5.41, 5.74) is 1.60. The van der Waals surface area contributed by atoms with E-state index in [2.05, 4.69) is 19.9 Å². The van der Waals surface area contributed by atoms with Crippen LogP contribution in [0.2, 0.25) is 0 Å². The molecule has 2 aromatic heterocycles. The van der Waals surface area contributed by atoms with Crippen LogP contribution in [0, 0.1) is 18.2 Å². The second-order valence-corrected chi connectivity index (χ2v) is 7.39. The lowest BCUT2D eigenvalue weighted by Crippen LogP contribution is -2.46. The van der Waals surface area contributed by atoms with Crippen molar-refractivity contribution in [1.29, 1.82) is 0 Å². The standard InChI is InChI=1S/C19H22FN5O/c1-14-3-4-15(9-21-14)17(26)24-8-6-19(12-24)5-2-7-25(13-19)18-22-10-16(20)11-23-18/h3-4,9-11H,2,5-8,12-13H2,1H3/t19-/m1/s1. The van der Waals surface area contributed by atoms with Crippen LogP contribution in [0.5, 0.6) is 0 Å². The topological polar surface area (TPSA) is 62.2 Å². The summed E-state index contributed by atoms with van der Waals surface area (Å²) in [5, 5.41) is 0. The van der Waals surface area contributed by atoms with E-state index < -0.39 is 5.82 Å². The first-order chi connectivity index (χ1) is 12.5. The summed E-state index contributed by atoms with van der Waals surface area (Å²) in [6.45, 7) is 5.06. The fourth-order valence-corrected chi connectivity index (χ4v) is 4.07. The molecule has 0 radical (unpaired) electrons. The minimum atomic E-state index is -0.426. The van der Waals surface area contributed by atoms with Crippen molar-refractivity contribution in [2.24, 2.45) is 5.41 Å². The molecule has 26 heavy (non-hydrogen) atoms. The molecule has 1 amide bonds. The first-order valence-electron chi connectivity index (χ1n) is 8.99. The Hall–Kier alpha value is -2.57. The van der Waals surface area contributed by atoms with Crippen LogP contribution < -0.4 is 4.90 Å². The van der Waals surface area contributed by atoms with Gasteiger partial charge < -0.3 is 9.80 Å². The van der Waals surface area contributed by atoms with Crippen molar-refractivity contribution in [2.45, 2.75) is 26.2 Å². The minimum Gasteiger partial charge on any atom is -0.340 e. The quantitative estimate of drug-likeness (QED) is 0.828. The van der Waals surface area contributed by atoms with Crippen LogP contribution in [0.4, 0.5) is 10.3 Å². The summed E-state index contributed by atoms with van der Waals surface area (Å²) >= 11 is 0. The highest BCUT2D eigenvalue weighted by atomic mass is 19.1. The molecule has 2 fully saturated rings. The molecule has 0 N–H and O–H groups in total. The average Bonchev–Trinajstić information content (AvgIpc) is 3.05. The third kappa shape index (κ3) is 3.25. The molecule has 7 heteroatoms. The van der Waals surface area contributed by atoms with Crippen molar-refractivity contribution >= 4 is 11.9 Å². The molecule has 0 bridgehead atoms. The monoisotopic (exact) mass is 355 g/mol. The third-order valence-electron chi connectivity index (χ3n) is 5.43. The largest absolute Gasteiger partial charge is 0.340 e. The summed E-state index contributed by atoms with van der Waals surface area (Å²) < 4.78 is 13.1. The Morgan fingerprint density at radius 1 is 1.08 bits per heavy atom. The number of likely N-dealkylation sites (tertiary alicyclic amines) is 1. The van der Waals surface area contributed by atoms with Crippen molar-refractivity contribution in [3.63, 3.8) is 0 Å². The number of hydrogen-bond donors (Lipinski definition) is 0. The molecule has 1 atom stereocenters. The summed E-state index contributed by atoms with van der Waals surface area (Å²) in [7, 11) is 0. The highest BCUT2D eigenvalue weighted by molar-refractivity contribution is 5.94. The van der Waals surface area contributed by atoms with E-state index in [1.54, 1.807) is 6.20 Å². The Labute approximate surface area is 152 Å². The van der Waals surface area contributed by atoms with E-state index in [0.717, 1.165) is 51.1 Å². The Morgan fingerprint density at radius 3 is 2.62 bits per heavy atom. The number of nitrogens with zero attached hydrogens (tertiary/aromatic N) is 5. The molecule has 2 saturated heterocycles. The minimum absolute atomic E-state index is 0.0459. The second-order valence-electron chi connectivity index (χ2n) is 7.39. The lowest BCUT2D eigenvalue weighted by atomic mass is 9.79.